The Hall–Kier alpha value is -3.23. The number of ether oxygens (including phenoxy) is 1. The fourth-order valence-electron chi connectivity index (χ4n) is 3.48. The van der Waals surface area contributed by atoms with Gasteiger partial charge in [0.1, 0.15) is 12.8 Å². The van der Waals surface area contributed by atoms with E-state index in [1.807, 2.05) is 42.5 Å². The van der Waals surface area contributed by atoms with E-state index in [0.717, 1.165) is 23.9 Å². The lowest BCUT2D eigenvalue weighted by Crippen LogP contribution is -2.45. The summed E-state index contributed by atoms with van der Waals surface area (Å²) in [6.45, 7) is 4.07. The topological polar surface area (TPSA) is 87.9 Å². The number of hydrogen-bond donors (Lipinski definition) is 1. The zero-order valence-corrected chi connectivity index (χ0v) is 16.6. The predicted octanol–water partition coefficient (Wildman–Crippen LogP) is 2.24. The van der Waals surface area contributed by atoms with Crippen molar-refractivity contribution in [2.24, 2.45) is 0 Å². The van der Waals surface area contributed by atoms with Gasteiger partial charge in [0.25, 0.3) is 5.91 Å². The lowest BCUT2D eigenvalue weighted by Gasteiger charge is -2.30. The van der Waals surface area contributed by atoms with Gasteiger partial charge in [-0.1, -0.05) is 35.5 Å². The van der Waals surface area contributed by atoms with Crippen LogP contribution in [-0.2, 0) is 9.53 Å². The van der Waals surface area contributed by atoms with Crippen LogP contribution in [0.25, 0.3) is 10.8 Å². The molecule has 2 aromatic carbocycles. The van der Waals surface area contributed by atoms with E-state index in [2.05, 4.69) is 15.4 Å². The molecule has 1 saturated heterocycles. The summed E-state index contributed by atoms with van der Waals surface area (Å²) in [5.74, 6) is -0.171. The van der Waals surface area contributed by atoms with Crippen molar-refractivity contribution in [3.8, 4) is 0 Å². The molecule has 1 aromatic heterocycles. The van der Waals surface area contributed by atoms with E-state index in [4.69, 9.17) is 9.26 Å². The zero-order valence-electron chi connectivity index (χ0n) is 16.6. The predicted molar refractivity (Wildman–Crippen MR) is 112 cm³/mol. The number of benzene rings is 2. The van der Waals surface area contributed by atoms with Crippen molar-refractivity contribution in [2.75, 3.05) is 51.3 Å². The van der Waals surface area contributed by atoms with Gasteiger partial charge in [-0.25, -0.2) is 0 Å². The van der Waals surface area contributed by atoms with E-state index < -0.39 is 0 Å². The van der Waals surface area contributed by atoms with Crippen LogP contribution in [0.15, 0.2) is 59.3 Å². The summed E-state index contributed by atoms with van der Waals surface area (Å²) in [7, 11) is 0. The Labute approximate surface area is 174 Å². The number of hydrogen-bond acceptors (Lipinski definition) is 6. The molecule has 0 spiro atoms. The fraction of sp³-hybridized carbons (Fsp3) is 0.318. The monoisotopic (exact) mass is 408 g/mol. The summed E-state index contributed by atoms with van der Waals surface area (Å²) < 4.78 is 10.1. The van der Waals surface area contributed by atoms with Crippen molar-refractivity contribution in [1.82, 2.24) is 15.0 Å². The van der Waals surface area contributed by atoms with Gasteiger partial charge in [-0.3, -0.25) is 14.5 Å². The second-order valence-electron chi connectivity index (χ2n) is 7.18. The summed E-state index contributed by atoms with van der Waals surface area (Å²) in [6.07, 6.45) is 1.38. The van der Waals surface area contributed by atoms with Gasteiger partial charge >= 0.3 is 0 Å². The summed E-state index contributed by atoms with van der Waals surface area (Å²) in [6, 6.07) is 15.0. The Morgan fingerprint density at radius 3 is 2.63 bits per heavy atom. The zero-order chi connectivity index (χ0) is 20.8. The molecule has 4 rings (SSSR count). The molecule has 0 unspecified atom stereocenters. The molecule has 0 radical (unpaired) electrons. The maximum Gasteiger partial charge on any atom is 0.254 e. The van der Waals surface area contributed by atoms with Gasteiger partial charge in [-0.15, -0.1) is 0 Å². The highest BCUT2D eigenvalue weighted by Crippen LogP contribution is 2.17. The molecule has 156 valence electrons. The summed E-state index contributed by atoms with van der Waals surface area (Å²) in [5, 5.41) is 8.40. The number of amides is 2. The van der Waals surface area contributed by atoms with E-state index in [9.17, 15) is 9.59 Å². The van der Waals surface area contributed by atoms with Crippen molar-refractivity contribution in [2.45, 2.75) is 0 Å². The maximum atomic E-state index is 13.3. The Morgan fingerprint density at radius 2 is 1.87 bits per heavy atom. The number of rotatable bonds is 7. The third-order valence-electron chi connectivity index (χ3n) is 5.11. The lowest BCUT2D eigenvalue weighted by molar-refractivity contribution is -0.117. The van der Waals surface area contributed by atoms with Crippen LogP contribution in [0, 0.1) is 0 Å². The van der Waals surface area contributed by atoms with Gasteiger partial charge < -0.3 is 19.5 Å². The van der Waals surface area contributed by atoms with E-state index in [0.29, 0.717) is 37.7 Å². The van der Waals surface area contributed by atoms with Gasteiger partial charge in [-0.05, 0) is 22.9 Å². The van der Waals surface area contributed by atoms with Gasteiger partial charge in [0.15, 0.2) is 5.82 Å². The van der Waals surface area contributed by atoms with Crippen LogP contribution in [0.1, 0.15) is 10.4 Å². The highest BCUT2D eigenvalue weighted by molar-refractivity contribution is 6.01. The van der Waals surface area contributed by atoms with Gasteiger partial charge in [0.2, 0.25) is 5.91 Å². The average Bonchev–Trinajstić information content (AvgIpc) is 3.29. The number of nitrogens with one attached hydrogen (secondary N) is 1. The number of morpholine rings is 1. The van der Waals surface area contributed by atoms with E-state index >= 15 is 0 Å². The van der Waals surface area contributed by atoms with Gasteiger partial charge in [-0.2, -0.15) is 0 Å². The Balaban J connectivity index is 1.49. The molecular weight excluding hydrogens is 384 g/mol. The van der Waals surface area contributed by atoms with Crippen molar-refractivity contribution in [1.29, 1.82) is 0 Å². The van der Waals surface area contributed by atoms with Gasteiger partial charge in [0.05, 0.1) is 13.2 Å². The fourth-order valence-corrected chi connectivity index (χ4v) is 3.48. The van der Waals surface area contributed by atoms with Crippen molar-refractivity contribution in [3.63, 3.8) is 0 Å². The first-order chi connectivity index (χ1) is 14.7. The first kappa shape index (κ1) is 20.1. The van der Waals surface area contributed by atoms with Crippen molar-refractivity contribution < 1.29 is 18.8 Å². The molecule has 3 aromatic rings. The first-order valence-electron chi connectivity index (χ1n) is 9.97. The Kier molecular flexibility index (Phi) is 6.36. The summed E-state index contributed by atoms with van der Waals surface area (Å²) >= 11 is 0. The molecule has 0 bridgehead atoms. The highest BCUT2D eigenvalue weighted by atomic mass is 16.5. The molecule has 1 N–H and O–H groups in total. The molecule has 1 aliphatic rings. The summed E-state index contributed by atoms with van der Waals surface area (Å²) in [5.41, 5.74) is 0.560. The summed E-state index contributed by atoms with van der Waals surface area (Å²) in [4.78, 5) is 29.6. The van der Waals surface area contributed by atoms with Crippen LogP contribution in [0.4, 0.5) is 5.82 Å². The second kappa shape index (κ2) is 9.51. The smallest absolute Gasteiger partial charge is 0.254 e. The second-order valence-corrected chi connectivity index (χ2v) is 7.18. The normalized spacial score (nSPS) is 14.5. The van der Waals surface area contributed by atoms with E-state index in [-0.39, 0.29) is 18.4 Å². The number of anilines is 1. The SMILES string of the molecule is O=C(CN(CCN1CCOCC1)C(=O)c1ccc2ccccc2c1)Nc1ccon1. The number of fused-ring (bicyclic) bond motifs is 1. The van der Waals surface area contributed by atoms with Crippen molar-refractivity contribution in [3.05, 3.63) is 60.4 Å². The van der Waals surface area contributed by atoms with Crippen LogP contribution < -0.4 is 5.32 Å². The molecule has 2 amide bonds. The Morgan fingerprint density at radius 1 is 1.07 bits per heavy atom. The molecule has 2 heterocycles. The number of carbonyl (C=O) groups excluding carboxylic acids is 2. The molecule has 30 heavy (non-hydrogen) atoms. The molecule has 1 aliphatic heterocycles. The minimum absolute atomic E-state index is 0.0666. The molecule has 1 fully saturated rings. The largest absolute Gasteiger partial charge is 0.379 e. The van der Waals surface area contributed by atoms with Crippen LogP contribution in [0.2, 0.25) is 0 Å². The number of nitrogens with zero attached hydrogens (tertiary/aromatic N) is 3. The molecular formula is C22H24N4O4. The molecule has 8 nitrogen and oxygen atoms in total. The minimum Gasteiger partial charge on any atom is -0.379 e. The van der Waals surface area contributed by atoms with Crippen LogP contribution >= 0.6 is 0 Å². The standard InChI is InChI=1S/C22H24N4O4/c27-21(23-20-7-12-30-24-20)16-26(9-8-25-10-13-29-14-11-25)22(28)19-6-5-17-3-1-2-4-18(17)15-19/h1-7,12,15H,8-11,13-14,16H2,(H,23,24,27). The third kappa shape index (κ3) is 5.03. The van der Waals surface area contributed by atoms with Crippen LogP contribution in [0.3, 0.4) is 0 Å². The third-order valence-corrected chi connectivity index (χ3v) is 5.11. The quantitative estimate of drug-likeness (QED) is 0.645. The molecule has 0 atom stereocenters. The minimum atomic E-state index is -0.319. The van der Waals surface area contributed by atoms with E-state index in [1.54, 1.807) is 11.0 Å². The maximum absolute atomic E-state index is 13.3. The Bertz CT molecular complexity index is 999. The van der Waals surface area contributed by atoms with E-state index in [1.165, 1.54) is 6.26 Å². The number of carbonyl (C=O) groups is 2. The van der Waals surface area contributed by atoms with Crippen LogP contribution in [-0.4, -0.2) is 72.7 Å². The molecule has 0 saturated carbocycles. The number of aromatic nitrogens is 1. The lowest BCUT2D eigenvalue weighted by atomic mass is 10.1. The van der Waals surface area contributed by atoms with Crippen molar-refractivity contribution >= 4 is 28.4 Å². The van der Waals surface area contributed by atoms with Gasteiger partial charge in [0, 0.05) is 37.8 Å². The molecule has 8 heteroatoms. The highest BCUT2D eigenvalue weighted by Gasteiger charge is 2.21. The molecule has 0 aliphatic carbocycles. The van der Waals surface area contributed by atoms with Crippen LogP contribution in [0.5, 0.6) is 0 Å². The average molecular weight is 408 g/mol. The first-order valence-corrected chi connectivity index (χ1v) is 9.97.